The summed E-state index contributed by atoms with van der Waals surface area (Å²) in [4.78, 5) is 9.34. The van der Waals surface area contributed by atoms with E-state index in [4.69, 9.17) is 4.98 Å². The minimum Gasteiger partial charge on any atom is -0.343 e. The Morgan fingerprint density at radius 3 is 1.81 bits per heavy atom. The molecule has 0 aromatic carbocycles. The van der Waals surface area contributed by atoms with Gasteiger partial charge in [0.2, 0.25) is 0 Å². The zero-order valence-corrected chi connectivity index (χ0v) is 20.0. The number of aromatic nitrogens is 6. The first kappa shape index (κ1) is 23.1. The maximum Gasteiger partial charge on any atom is 2.00 e. The van der Waals surface area contributed by atoms with Crippen molar-refractivity contribution in [1.82, 2.24) is 29.5 Å². The SMILES string of the molecule is Cc1c[c-]n(-c2cccc([Si](C)(C)c3cccc(-n4[c-]cc(C(F)(F)F)n4)n3)n2)n1.[Pt+2]. The van der Waals surface area contributed by atoms with E-state index < -0.39 is 19.9 Å². The molecular weight excluding hydrogens is 604 g/mol. The molecule has 0 bridgehead atoms. The van der Waals surface area contributed by atoms with Gasteiger partial charge in [-0.15, -0.1) is 12.1 Å². The molecule has 0 saturated heterocycles. The molecule has 4 aromatic rings. The van der Waals surface area contributed by atoms with Crippen molar-refractivity contribution in [2.75, 3.05) is 0 Å². The summed E-state index contributed by atoms with van der Waals surface area (Å²) in [6.45, 7) is 6.04. The van der Waals surface area contributed by atoms with E-state index in [9.17, 15) is 13.2 Å². The van der Waals surface area contributed by atoms with Crippen LogP contribution in [0.3, 0.4) is 0 Å². The first-order valence-corrected chi connectivity index (χ1v) is 12.1. The number of rotatable bonds is 4. The normalized spacial score (nSPS) is 11.9. The molecule has 0 aliphatic rings. The van der Waals surface area contributed by atoms with E-state index in [1.165, 1.54) is 0 Å². The van der Waals surface area contributed by atoms with Gasteiger partial charge in [0, 0.05) is 10.6 Å². The van der Waals surface area contributed by atoms with E-state index in [1.807, 2.05) is 31.2 Å². The van der Waals surface area contributed by atoms with E-state index >= 15 is 0 Å². The topological polar surface area (TPSA) is 61.4 Å². The van der Waals surface area contributed by atoms with Crippen LogP contribution in [-0.4, -0.2) is 37.6 Å². The molecule has 4 aromatic heterocycles. The Morgan fingerprint density at radius 2 is 1.35 bits per heavy atom. The Morgan fingerprint density at radius 1 is 0.839 bits per heavy atom. The summed E-state index contributed by atoms with van der Waals surface area (Å²) >= 11 is 0. The van der Waals surface area contributed by atoms with Crippen LogP contribution in [0.5, 0.6) is 0 Å². The van der Waals surface area contributed by atoms with Gasteiger partial charge in [-0.1, -0.05) is 56.7 Å². The maximum absolute atomic E-state index is 12.9. The molecule has 162 valence electrons. The van der Waals surface area contributed by atoms with Gasteiger partial charge in [0.1, 0.15) is 0 Å². The van der Waals surface area contributed by atoms with Crippen LogP contribution in [0, 0.1) is 19.3 Å². The summed E-state index contributed by atoms with van der Waals surface area (Å²) in [6.07, 6.45) is 0.979. The monoisotopic (exact) mass is 621 g/mol. The molecule has 4 heterocycles. The van der Waals surface area contributed by atoms with Crippen molar-refractivity contribution < 1.29 is 34.2 Å². The van der Waals surface area contributed by atoms with Gasteiger partial charge in [0.15, 0.2) is 8.07 Å². The number of aryl methyl sites for hydroxylation is 1. The smallest absolute Gasteiger partial charge is 0.343 e. The van der Waals surface area contributed by atoms with Gasteiger partial charge in [-0.2, -0.15) is 13.2 Å². The van der Waals surface area contributed by atoms with Crippen LogP contribution in [0.25, 0.3) is 11.6 Å². The maximum atomic E-state index is 12.9. The number of halogens is 3. The average molecular weight is 622 g/mol. The van der Waals surface area contributed by atoms with Gasteiger partial charge in [-0.25, -0.2) is 0 Å². The summed E-state index contributed by atoms with van der Waals surface area (Å²) in [5, 5.41) is 9.54. The van der Waals surface area contributed by atoms with Crippen LogP contribution in [0.15, 0.2) is 48.5 Å². The minimum absolute atomic E-state index is 0. The molecule has 0 atom stereocenters. The molecule has 0 amide bonds. The zero-order chi connectivity index (χ0) is 21.5. The van der Waals surface area contributed by atoms with Crippen LogP contribution in [-0.2, 0) is 27.2 Å². The molecule has 0 saturated carbocycles. The third-order valence-corrected chi connectivity index (χ3v) is 7.78. The van der Waals surface area contributed by atoms with Crippen molar-refractivity contribution in [1.29, 1.82) is 0 Å². The van der Waals surface area contributed by atoms with Gasteiger partial charge < -0.3 is 19.3 Å². The molecule has 0 N–H and O–H groups in total. The molecular formula is C20H17F3N6PtSi. The van der Waals surface area contributed by atoms with Crippen molar-refractivity contribution in [3.8, 4) is 11.6 Å². The minimum atomic E-state index is -4.53. The molecule has 0 unspecified atom stereocenters. The van der Waals surface area contributed by atoms with Crippen molar-refractivity contribution in [2.24, 2.45) is 0 Å². The second kappa shape index (κ2) is 8.51. The molecule has 0 aliphatic carbocycles. The summed E-state index contributed by atoms with van der Waals surface area (Å²) in [5.74, 6) is 0.920. The number of hydrogen-bond donors (Lipinski definition) is 0. The van der Waals surface area contributed by atoms with Gasteiger partial charge >= 0.3 is 27.2 Å². The van der Waals surface area contributed by atoms with Crippen molar-refractivity contribution in [3.05, 3.63) is 72.3 Å². The zero-order valence-electron chi connectivity index (χ0n) is 16.8. The number of pyridine rings is 2. The predicted octanol–water partition coefficient (Wildman–Crippen LogP) is 2.60. The Bertz CT molecular complexity index is 1200. The Kier molecular flexibility index (Phi) is 6.34. The molecule has 11 heteroatoms. The summed E-state index contributed by atoms with van der Waals surface area (Å²) < 4.78 is 41.2. The molecule has 31 heavy (non-hydrogen) atoms. The third-order valence-electron chi connectivity index (χ3n) is 4.66. The summed E-state index contributed by atoms with van der Waals surface area (Å²) in [5.41, 5.74) is -0.173. The van der Waals surface area contributed by atoms with Crippen molar-refractivity contribution >= 4 is 18.7 Å². The van der Waals surface area contributed by atoms with Crippen molar-refractivity contribution in [2.45, 2.75) is 26.2 Å². The third kappa shape index (κ3) is 4.69. The molecule has 6 nitrogen and oxygen atoms in total. The molecule has 0 aliphatic heterocycles. The standard InChI is InChI=1S/C20H17F3N6Si.Pt/c1-14-10-12-28(26-14)16-6-4-8-18(24-16)30(2,3)19-9-5-7-17(25-19)29-13-11-15(27-29)20(21,22)23;/h4-11H,1-3H3;/q-2;+2. The van der Waals surface area contributed by atoms with Crippen LogP contribution in [0.1, 0.15) is 11.4 Å². The fourth-order valence-electron chi connectivity index (χ4n) is 2.94. The Balaban J connectivity index is 0.00000272. The quantitative estimate of drug-likeness (QED) is 0.260. The van der Waals surface area contributed by atoms with Crippen molar-refractivity contribution in [3.63, 3.8) is 0 Å². The van der Waals surface area contributed by atoms with Gasteiger partial charge in [-0.05, 0) is 17.8 Å². The van der Waals surface area contributed by atoms with Gasteiger partial charge in [0.05, 0.1) is 17.3 Å². The molecule has 0 spiro atoms. The van der Waals surface area contributed by atoms with Crippen LogP contribution in [0.2, 0.25) is 13.1 Å². The molecule has 0 radical (unpaired) electrons. The fraction of sp³-hybridized carbons (Fsp3) is 0.200. The Hall–Kier alpha value is -2.58. The summed E-state index contributed by atoms with van der Waals surface area (Å²) in [6, 6.07) is 13.5. The number of nitrogens with zero attached hydrogens (tertiary/aromatic N) is 6. The van der Waals surface area contributed by atoms with Crippen LogP contribution in [0.4, 0.5) is 13.2 Å². The van der Waals surface area contributed by atoms with E-state index in [2.05, 4.69) is 40.7 Å². The number of alkyl halides is 3. The average Bonchev–Trinajstić information content (AvgIpc) is 3.37. The van der Waals surface area contributed by atoms with Gasteiger partial charge in [0.25, 0.3) is 0 Å². The Labute approximate surface area is 192 Å². The van der Waals surface area contributed by atoms with Gasteiger partial charge in [-0.3, -0.25) is 10.2 Å². The van der Waals surface area contributed by atoms with Crippen LogP contribution >= 0.6 is 0 Å². The number of hydrogen-bond acceptors (Lipinski definition) is 4. The van der Waals surface area contributed by atoms with E-state index in [-0.39, 0.29) is 26.9 Å². The molecule has 0 fully saturated rings. The first-order chi connectivity index (χ1) is 14.1. The molecule has 4 rings (SSSR count). The fourth-order valence-corrected chi connectivity index (χ4v) is 5.02. The second-order valence-corrected chi connectivity index (χ2v) is 11.6. The first-order valence-electron chi connectivity index (χ1n) is 9.10. The largest absolute Gasteiger partial charge is 2.00 e. The second-order valence-electron chi connectivity index (χ2n) is 7.28. The van der Waals surface area contributed by atoms with E-state index in [1.54, 1.807) is 22.9 Å². The van der Waals surface area contributed by atoms with E-state index in [0.717, 1.165) is 27.1 Å². The van der Waals surface area contributed by atoms with E-state index in [0.29, 0.717) is 5.82 Å². The predicted molar refractivity (Wildman–Crippen MR) is 107 cm³/mol. The van der Waals surface area contributed by atoms with Crippen LogP contribution < -0.4 is 10.6 Å². The summed E-state index contributed by atoms with van der Waals surface area (Å²) in [7, 11) is -2.36.